The minimum atomic E-state index is -0.613. The van der Waals surface area contributed by atoms with Crippen LogP contribution < -0.4 is 11.1 Å². The first-order chi connectivity index (χ1) is 10.6. The van der Waals surface area contributed by atoms with Crippen molar-refractivity contribution in [1.82, 2.24) is 5.32 Å². The maximum atomic E-state index is 13.9. The van der Waals surface area contributed by atoms with Crippen molar-refractivity contribution in [2.45, 2.75) is 38.9 Å². The van der Waals surface area contributed by atoms with Gasteiger partial charge in [0.2, 0.25) is 0 Å². The molecule has 23 heavy (non-hydrogen) atoms. The van der Waals surface area contributed by atoms with Crippen LogP contribution >= 0.6 is 11.6 Å². The molecule has 0 unspecified atom stereocenters. The summed E-state index contributed by atoms with van der Waals surface area (Å²) in [4.78, 5) is 0. The summed E-state index contributed by atoms with van der Waals surface area (Å²) in [7, 11) is 1.30. The van der Waals surface area contributed by atoms with Gasteiger partial charge in [0.05, 0.1) is 21.9 Å². The molecule has 1 aromatic carbocycles. The molecular weight excluding hydrogens is 317 g/mol. The van der Waals surface area contributed by atoms with E-state index in [9.17, 15) is 4.39 Å². The maximum absolute atomic E-state index is 13.9. The topological polar surface area (TPSA) is 56.5 Å². The molecular formula is C16H23BClFN2O2. The largest absolute Gasteiger partial charge is 0.491 e. The third kappa shape index (κ3) is 3.55. The molecule has 1 heterocycles. The van der Waals surface area contributed by atoms with Gasteiger partial charge in [-0.2, -0.15) is 0 Å². The van der Waals surface area contributed by atoms with Crippen LogP contribution in [0.15, 0.2) is 17.6 Å². The Morgan fingerprint density at radius 3 is 2.39 bits per heavy atom. The van der Waals surface area contributed by atoms with Gasteiger partial charge in [-0.1, -0.05) is 23.7 Å². The Hall–Kier alpha value is -1.08. The normalized spacial score (nSPS) is 20.1. The molecule has 3 N–H and O–H groups in total. The van der Waals surface area contributed by atoms with E-state index in [2.05, 4.69) is 5.32 Å². The second-order valence-corrected chi connectivity index (χ2v) is 7.09. The summed E-state index contributed by atoms with van der Waals surface area (Å²) >= 11 is 6.06. The van der Waals surface area contributed by atoms with E-state index < -0.39 is 24.1 Å². The zero-order valence-corrected chi connectivity index (χ0v) is 14.9. The van der Waals surface area contributed by atoms with Crippen LogP contribution in [0.4, 0.5) is 10.1 Å². The first-order valence-corrected chi connectivity index (χ1v) is 7.91. The average molecular weight is 341 g/mol. The van der Waals surface area contributed by atoms with E-state index in [1.807, 2.05) is 34.7 Å². The van der Waals surface area contributed by atoms with Crippen molar-refractivity contribution in [1.29, 1.82) is 0 Å². The van der Waals surface area contributed by atoms with E-state index in [1.165, 1.54) is 6.07 Å². The van der Waals surface area contributed by atoms with Crippen molar-refractivity contribution in [3.8, 4) is 0 Å². The summed E-state index contributed by atoms with van der Waals surface area (Å²) in [6.45, 7) is 8.47. The van der Waals surface area contributed by atoms with Gasteiger partial charge in [-0.3, -0.25) is 0 Å². The highest BCUT2D eigenvalue weighted by atomic mass is 35.5. The molecule has 0 aliphatic carbocycles. The highest BCUT2D eigenvalue weighted by Crippen LogP contribution is 2.39. The molecule has 1 saturated heterocycles. The van der Waals surface area contributed by atoms with Gasteiger partial charge in [-0.05, 0) is 51.8 Å². The van der Waals surface area contributed by atoms with Crippen LogP contribution in [-0.2, 0) is 9.31 Å². The quantitative estimate of drug-likeness (QED) is 0.652. The Balaban J connectivity index is 2.38. The van der Waals surface area contributed by atoms with Crippen LogP contribution in [0.3, 0.4) is 0 Å². The van der Waals surface area contributed by atoms with Gasteiger partial charge < -0.3 is 20.4 Å². The minimum absolute atomic E-state index is 0.00452. The van der Waals surface area contributed by atoms with E-state index in [0.29, 0.717) is 12.1 Å². The molecule has 0 aromatic heterocycles. The van der Waals surface area contributed by atoms with E-state index in [-0.39, 0.29) is 10.7 Å². The number of halogens is 2. The summed E-state index contributed by atoms with van der Waals surface area (Å²) in [5, 5.41) is 3.07. The molecule has 126 valence electrons. The van der Waals surface area contributed by atoms with Crippen molar-refractivity contribution in [2.24, 2.45) is 0 Å². The second-order valence-electron chi connectivity index (χ2n) is 6.71. The standard InChI is InChI=1S/C16H23BClFN2O2/c1-15(2)16(3,4)23-17(22-15)11(9-21-5)8-10-6-7-12(20)14(19)13(10)18/h6-8,21H,9,20H2,1-5H3. The molecule has 2 rings (SSSR count). The first kappa shape index (κ1) is 18.3. The summed E-state index contributed by atoms with van der Waals surface area (Å²) in [6, 6.07) is 3.18. The molecule has 0 atom stereocenters. The molecule has 0 amide bonds. The molecule has 0 bridgehead atoms. The highest BCUT2D eigenvalue weighted by Gasteiger charge is 2.52. The van der Waals surface area contributed by atoms with Crippen LogP contribution in [0.5, 0.6) is 0 Å². The van der Waals surface area contributed by atoms with E-state index in [4.69, 9.17) is 26.6 Å². The minimum Gasteiger partial charge on any atom is -0.400 e. The lowest BCUT2D eigenvalue weighted by molar-refractivity contribution is 0.00578. The Morgan fingerprint density at radius 1 is 1.30 bits per heavy atom. The number of rotatable bonds is 4. The molecule has 7 heteroatoms. The fraction of sp³-hybridized carbons (Fsp3) is 0.500. The maximum Gasteiger partial charge on any atom is 0.491 e. The molecule has 1 aromatic rings. The van der Waals surface area contributed by atoms with Gasteiger partial charge >= 0.3 is 7.12 Å². The molecule has 1 fully saturated rings. The smallest absolute Gasteiger partial charge is 0.400 e. The summed E-state index contributed by atoms with van der Waals surface area (Å²) < 4.78 is 26.0. The molecule has 4 nitrogen and oxygen atoms in total. The number of nitrogens with one attached hydrogen (secondary N) is 1. The zero-order chi connectivity index (χ0) is 17.4. The lowest BCUT2D eigenvalue weighted by Crippen LogP contribution is -2.41. The lowest BCUT2D eigenvalue weighted by Gasteiger charge is -2.32. The number of hydrogen-bond acceptors (Lipinski definition) is 4. The van der Waals surface area contributed by atoms with E-state index >= 15 is 0 Å². The number of hydrogen-bond donors (Lipinski definition) is 2. The predicted octanol–water partition coefficient (Wildman–Crippen LogP) is 3.30. The fourth-order valence-corrected chi connectivity index (χ4v) is 2.52. The van der Waals surface area contributed by atoms with Gasteiger partial charge in [-0.15, -0.1) is 0 Å². The monoisotopic (exact) mass is 340 g/mol. The fourth-order valence-electron chi connectivity index (χ4n) is 2.29. The first-order valence-electron chi connectivity index (χ1n) is 7.53. The number of anilines is 1. The van der Waals surface area contributed by atoms with Gasteiger partial charge in [0.25, 0.3) is 0 Å². The van der Waals surface area contributed by atoms with Gasteiger partial charge in [0.15, 0.2) is 5.82 Å². The van der Waals surface area contributed by atoms with Crippen molar-refractivity contribution < 1.29 is 13.7 Å². The molecule has 0 spiro atoms. The lowest BCUT2D eigenvalue weighted by atomic mass is 9.77. The molecule has 1 aliphatic heterocycles. The van der Waals surface area contributed by atoms with Crippen LogP contribution in [-0.4, -0.2) is 31.9 Å². The Bertz CT molecular complexity index is 619. The van der Waals surface area contributed by atoms with Gasteiger partial charge in [0.1, 0.15) is 0 Å². The average Bonchev–Trinajstić information content (AvgIpc) is 2.67. The Labute approximate surface area is 142 Å². The SMILES string of the molecule is CNCC(=Cc1ccc(N)c(F)c1Cl)B1OC(C)(C)C(C)(C)O1. The third-order valence-corrected chi connectivity index (χ3v) is 4.80. The Morgan fingerprint density at radius 2 is 1.87 bits per heavy atom. The molecule has 0 radical (unpaired) electrons. The summed E-state index contributed by atoms with van der Waals surface area (Å²) in [6.07, 6.45) is 1.78. The number of nitrogen functional groups attached to an aromatic ring is 1. The van der Waals surface area contributed by atoms with Crippen molar-refractivity contribution >= 4 is 30.5 Å². The molecule has 1 aliphatic rings. The van der Waals surface area contributed by atoms with Crippen LogP contribution in [0, 0.1) is 5.82 Å². The number of likely N-dealkylation sites (N-methyl/N-ethyl adjacent to an activating group) is 1. The van der Waals surface area contributed by atoms with E-state index in [0.717, 1.165) is 5.47 Å². The van der Waals surface area contributed by atoms with Gasteiger partial charge in [0, 0.05) is 6.54 Å². The van der Waals surface area contributed by atoms with Gasteiger partial charge in [-0.25, -0.2) is 4.39 Å². The zero-order valence-electron chi connectivity index (χ0n) is 14.2. The molecule has 0 saturated carbocycles. The number of benzene rings is 1. The van der Waals surface area contributed by atoms with E-state index in [1.54, 1.807) is 12.1 Å². The summed E-state index contributed by atoms with van der Waals surface area (Å²) in [5.41, 5.74) is 6.04. The van der Waals surface area contributed by atoms with Crippen LogP contribution in [0.2, 0.25) is 5.02 Å². The summed E-state index contributed by atoms with van der Waals surface area (Å²) in [5.74, 6) is -0.613. The Kier molecular flexibility index (Phi) is 5.11. The highest BCUT2D eigenvalue weighted by molar-refractivity contribution is 6.56. The van der Waals surface area contributed by atoms with Crippen molar-refractivity contribution in [3.05, 3.63) is 34.0 Å². The third-order valence-electron chi connectivity index (χ3n) is 4.42. The van der Waals surface area contributed by atoms with Crippen molar-refractivity contribution in [2.75, 3.05) is 19.3 Å². The van der Waals surface area contributed by atoms with Crippen molar-refractivity contribution in [3.63, 3.8) is 0 Å². The van der Waals surface area contributed by atoms with Crippen LogP contribution in [0.1, 0.15) is 33.3 Å². The predicted molar refractivity (Wildman–Crippen MR) is 93.8 cm³/mol. The second kappa shape index (κ2) is 6.44. The number of nitrogens with two attached hydrogens (primary N) is 1. The van der Waals surface area contributed by atoms with Crippen LogP contribution in [0.25, 0.3) is 6.08 Å².